The zero-order chi connectivity index (χ0) is 11.3. The zero-order valence-corrected chi connectivity index (χ0v) is 9.32. The van der Waals surface area contributed by atoms with Crippen molar-refractivity contribution in [3.05, 3.63) is 12.0 Å². The van der Waals surface area contributed by atoms with Gasteiger partial charge < -0.3 is 14.1 Å². The number of ether oxygens (including phenoxy) is 1. The van der Waals surface area contributed by atoms with Gasteiger partial charge in [0.05, 0.1) is 6.61 Å². The Morgan fingerprint density at radius 3 is 2.67 bits per heavy atom. The molecule has 1 aromatic rings. The fourth-order valence-electron chi connectivity index (χ4n) is 1.20. The molecular formula is C10H16N2O3. The summed E-state index contributed by atoms with van der Waals surface area (Å²) in [4.78, 5) is 17.3. The normalized spacial score (nSPS) is 10.1. The molecule has 1 aromatic heterocycles. The second kappa shape index (κ2) is 5.38. The maximum Gasteiger partial charge on any atom is 0.360 e. The Kier molecular flexibility index (Phi) is 4.15. The van der Waals surface area contributed by atoms with Crippen molar-refractivity contribution in [1.82, 2.24) is 4.98 Å². The molecule has 0 bridgehead atoms. The average Bonchev–Trinajstić information content (AvgIpc) is 2.69. The number of nitrogens with zero attached hydrogens (tertiary/aromatic N) is 2. The van der Waals surface area contributed by atoms with Crippen molar-refractivity contribution >= 4 is 12.0 Å². The predicted octanol–water partition coefficient (Wildman–Crippen LogP) is 1.70. The van der Waals surface area contributed by atoms with Crippen LogP contribution >= 0.6 is 0 Å². The number of aromatic nitrogens is 1. The number of oxazole rings is 1. The molecule has 1 rings (SSSR count). The summed E-state index contributed by atoms with van der Waals surface area (Å²) < 4.78 is 10.00. The third-order valence-corrected chi connectivity index (χ3v) is 2.01. The number of hydrogen-bond donors (Lipinski definition) is 0. The predicted molar refractivity (Wildman–Crippen MR) is 56.0 cm³/mol. The van der Waals surface area contributed by atoms with Crippen molar-refractivity contribution in [3.63, 3.8) is 0 Å². The van der Waals surface area contributed by atoms with Crippen LogP contribution in [0.15, 0.2) is 10.7 Å². The minimum absolute atomic E-state index is 0.221. The van der Waals surface area contributed by atoms with E-state index in [1.807, 2.05) is 18.7 Å². The lowest BCUT2D eigenvalue weighted by atomic mass is 10.5. The number of anilines is 1. The fraction of sp³-hybridized carbons (Fsp3) is 0.600. The molecule has 0 N–H and O–H groups in total. The summed E-state index contributed by atoms with van der Waals surface area (Å²) in [7, 11) is 0. The van der Waals surface area contributed by atoms with Crippen LogP contribution in [0.5, 0.6) is 0 Å². The van der Waals surface area contributed by atoms with Gasteiger partial charge in [-0.05, 0) is 20.8 Å². The number of hydrogen-bond acceptors (Lipinski definition) is 5. The van der Waals surface area contributed by atoms with E-state index in [0.717, 1.165) is 13.1 Å². The monoisotopic (exact) mass is 212 g/mol. The largest absolute Gasteiger partial charge is 0.461 e. The van der Waals surface area contributed by atoms with E-state index in [1.165, 1.54) is 6.26 Å². The second-order valence-electron chi connectivity index (χ2n) is 2.91. The van der Waals surface area contributed by atoms with Gasteiger partial charge >= 0.3 is 5.97 Å². The van der Waals surface area contributed by atoms with E-state index < -0.39 is 5.97 Å². The van der Waals surface area contributed by atoms with Crippen molar-refractivity contribution in [2.75, 3.05) is 24.6 Å². The van der Waals surface area contributed by atoms with E-state index in [0.29, 0.717) is 12.6 Å². The summed E-state index contributed by atoms with van der Waals surface area (Å²) in [5, 5.41) is 0. The first-order valence-corrected chi connectivity index (χ1v) is 5.10. The standard InChI is InChI=1S/C10H16N2O3/c1-4-12(5-2)10-11-8(7-15-10)9(13)14-6-3/h7H,4-6H2,1-3H3. The van der Waals surface area contributed by atoms with Gasteiger partial charge in [0.25, 0.3) is 6.01 Å². The van der Waals surface area contributed by atoms with Crippen LogP contribution in [0.1, 0.15) is 31.3 Å². The molecule has 0 aliphatic carbocycles. The van der Waals surface area contributed by atoms with Crippen LogP contribution in [0.25, 0.3) is 0 Å². The Balaban J connectivity index is 2.75. The SMILES string of the molecule is CCOC(=O)c1coc(N(CC)CC)n1. The van der Waals surface area contributed by atoms with E-state index in [9.17, 15) is 4.79 Å². The van der Waals surface area contributed by atoms with Crippen LogP contribution in [-0.4, -0.2) is 30.6 Å². The van der Waals surface area contributed by atoms with Gasteiger partial charge in [0.2, 0.25) is 0 Å². The summed E-state index contributed by atoms with van der Waals surface area (Å²) in [6.07, 6.45) is 1.33. The lowest BCUT2D eigenvalue weighted by molar-refractivity contribution is 0.0519. The Hall–Kier alpha value is -1.52. The molecule has 0 fully saturated rings. The van der Waals surface area contributed by atoms with Crippen molar-refractivity contribution in [2.24, 2.45) is 0 Å². The smallest absolute Gasteiger partial charge is 0.360 e. The van der Waals surface area contributed by atoms with E-state index in [4.69, 9.17) is 9.15 Å². The van der Waals surface area contributed by atoms with Gasteiger partial charge in [-0.25, -0.2) is 4.79 Å². The van der Waals surface area contributed by atoms with Gasteiger partial charge in [-0.15, -0.1) is 0 Å². The Morgan fingerprint density at radius 2 is 2.13 bits per heavy atom. The summed E-state index contributed by atoms with van der Waals surface area (Å²) in [5.74, 6) is -0.445. The van der Waals surface area contributed by atoms with Gasteiger partial charge in [-0.2, -0.15) is 4.98 Å². The van der Waals surface area contributed by atoms with Crippen LogP contribution in [0.4, 0.5) is 6.01 Å². The lowest BCUT2D eigenvalue weighted by Gasteiger charge is -2.14. The number of carbonyl (C=O) groups is 1. The van der Waals surface area contributed by atoms with Crippen molar-refractivity contribution in [1.29, 1.82) is 0 Å². The summed E-state index contributed by atoms with van der Waals surface area (Å²) >= 11 is 0. The molecule has 0 radical (unpaired) electrons. The Morgan fingerprint density at radius 1 is 1.47 bits per heavy atom. The first-order chi connectivity index (χ1) is 7.22. The van der Waals surface area contributed by atoms with E-state index in [-0.39, 0.29) is 5.69 Å². The minimum atomic E-state index is -0.445. The lowest BCUT2D eigenvalue weighted by Crippen LogP contribution is -2.22. The number of carbonyl (C=O) groups excluding carboxylic acids is 1. The fourth-order valence-corrected chi connectivity index (χ4v) is 1.20. The Labute approximate surface area is 89.0 Å². The molecule has 0 aliphatic heterocycles. The van der Waals surface area contributed by atoms with E-state index in [1.54, 1.807) is 6.92 Å². The number of esters is 1. The minimum Gasteiger partial charge on any atom is -0.461 e. The summed E-state index contributed by atoms with van der Waals surface area (Å²) in [6.45, 7) is 7.67. The molecule has 5 nitrogen and oxygen atoms in total. The molecule has 15 heavy (non-hydrogen) atoms. The highest BCUT2D eigenvalue weighted by Gasteiger charge is 2.15. The molecule has 0 atom stereocenters. The average molecular weight is 212 g/mol. The third-order valence-electron chi connectivity index (χ3n) is 2.01. The number of rotatable bonds is 5. The quantitative estimate of drug-likeness (QED) is 0.695. The molecule has 84 valence electrons. The first kappa shape index (κ1) is 11.6. The van der Waals surface area contributed by atoms with Crippen molar-refractivity contribution in [3.8, 4) is 0 Å². The molecule has 0 saturated carbocycles. The molecule has 0 amide bonds. The van der Waals surface area contributed by atoms with E-state index >= 15 is 0 Å². The van der Waals surface area contributed by atoms with Crippen LogP contribution < -0.4 is 4.90 Å². The molecular weight excluding hydrogens is 196 g/mol. The highest BCUT2D eigenvalue weighted by Crippen LogP contribution is 2.13. The molecule has 0 aliphatic rings. The van der Waals surface area contributed by atoms with Crippen LogP contribution in [0.3, 0.4) is 0 Å². The van der Waals surface area contributed by atoms with E-state index in [2.05, 4.69) is 4.98 Å². The topological polar surface area (TPSA) is 55.6 Å². The van der Waals surface area contributed by atoms with Crippen molar-refractivity contribution in [2.45, 2.75) is 20.8 Å². The van der Waals surface area contributed by atoms with Gasteiger partial charge in [0.1, 0.15) is 6.26 Å². The molecule has 0 saturated heterocycles. The first-order valence-electron chi connectivity index (χ1n) is 5.10. The van der Waals surface area contributed by atoms with Gasteiger partial charge in [-0.3, -0.25) is 0 Å². The highest BCUT2D eigenvalue weighted by atomic mass is 16.5. The second-order valence-corrected chi connectivity index (χ2v) is 2.91. The van der Waals surface area contributed by atoms with Crippen LogP contribution in [0, 0.1) is 0 Å². The van der Waals surface area contributed by atoms with Crippen LogP contribution in [0.2, 0.25) is 0 Å². The maximum absolute atomic E-state index is 11.3. The molecule has 0 spiro atoms. The molecule has 5 heteroatoms. The molecule has 0 aromatic carbocycles. The summed E-state index contributed by atoms with van der Waals surface area (Å²) in [5.41, 5.74) is 0.221. The molecule has 1 heterocycles. The molecule has 0 unspecified atom stereocenters. The van der Waals surface area contributed by atoms with Gasteiger partial charge in [-0.1, -0.05) is 0 Å². The summed E-state index contributed by atoms with van der Waals surface area (Å²) in [6, 6.07) is 0.461. The third kappa shape index (κ3) is 2.71. The van der Waals surface area contributed by atoms with Gasteiger partial charge in [0, 0.05) is 13.1 Å². The zero-order valence-electron chi connectivity index (χ0n) is 9.32. The Bertz CT molecular complexity index is 318. The van der Waals surface area contributed by atoms with Crippen LogP contribution in [-0.2, 0) is 4.74 Å². The maximum atomic E-state index is 11.3. The van der Waals surface area contributed by atoms with Crippen molar-refractivity contribution < 1.29 is 13.9 Å². The highest BCUT2D eigenvalue weighted by molar-refractivity contribution is 5.87. The van der Waals surface area contributed by atoms with Gasteiger partial charge in [0.15, 0.2) is 5.69 Å².